The number of hydrogen-bond donors (Lipinski definition) is 2. The van der Waals surface area contributed by atoms with Gasteiger partial charge in [-0.05, 0) is 60.6 Å². The molecule has 1 aliphatic rings. The molecular formula is C23H26N2O. The van der Waals surface area contributed by atoms with Crippen LogP contribution in [0.1, 0.15) is 24.0 Å². The molecule has 3 N–H and O–H groups in total. The van der Waals surface area contributed by atoms with Crippen LogP contribution in [-0.2, 0) is 5.60 Å². The minimum absolute atomic E-state index is 0.208. The molecule has 2 aromatic rings. The van der Waals surface area contributed by atoms with E-state index in [1.165, 1.54) is 0 Å². The van der Waals surface area contributed by atoms with Gasteiger partial charge >= 0.3 is 0 Å². The van der Waals surface area contributed by atoms with Crippen LogP contribution >= 0.6 is 0 Å². The van der Waals surface area contributed by atoms with Gasteiger partial charge in [0.05, 0.1) is 11.4 Å². The Hall–Kier alpha value is -2.62. The molecule has 2 aromatic carbocycles. The van der Waals surface area contributed by atoms with E-state index < -0.39 is 5.60 Å². The fourth-order valence-electron chi connectivity index (χ4n) is 3.51. The Morgan fingerprint density at radius 3 is 2.42 bits per heavy atom. The Bertz CT molecular complexity index is 837. The summed E-state index contributed by atoms with van der Waals surface area (Å²) in [6.07, 6.45) is 7.28. The molecule has 1 saturated carbocycles. The third-order valence-electron chi connectivity index (χ3n) is 5.06. The van der Waals surface area contributed by atoms with Crippen molar-refractivity contribution in [1.82, 2.24) is 0 Å². The second kappa shape index (κ2) is 7.32. The van der Waals surface area contributed by atoms with Crippen molar-refractivity contribution >= 4 is 11.4 Å². The standard InChI is InChI=1S/C23H26N2O/c1-4-9-18(5-2)23(26,19-12-13-19)20-14-15-22(17(3)16-20)25(24)21-10-7-6-8-11-21/h4-11,14-16,19,26H,1-2,12-13,24H2,3H3/b18-9+. The topological polar surface area (TPSA) is 49.5 Å². The van der Waals surface area contributed by atoms with E-state index in [-0.39, 0.29) is 5.92 Å². The van der Waals surface area contributed by atoms with E-state index in [2.05, 4.69) is 13.2 Å². The van der Waals surface area contributed by atoms with Crippen molar-refractivity contribution in [1.29, 1.82) is 0 Å². The third-order valence-corrected chi connectivity index (χ3v) is 5.06. The molecule has 0 saturated heterocycles. The maximum Gasteiger partial charge on any atom is 0.117 e. The average molecular weight is 346 g/mol. The maximum absolute atomic E-state index is 11.6. The van der Waals surface area contributed by atoms with Crippen LogP contribution in [0.2, 0.25) is 0 Å². The van der Waals surface area contributed by atoms with Crippen LogP contribution in [0.5, 0.6) is 0 Å². The number of rotatable bonds is 7. The van der Waals surface area contributed by atoms with E-state index in [4.69, 9.17) is 5.84 Å². The maximum atomic E-state index is 11.6. The minimum Gasteiger partial charge on any atom is -0.380 e. The first-order chi connectivity index (χ1) is 12.5. The number of benzene rings is 2. The number of para-hydroxylation sites is 1. The summed E-state index contributed by atoms with van der Waals surface area (Å²) in [4.78, 5) is 0. The number of aliphatic hydroxyl groups is 1. The molecule has 3 nitrogen and oxygen atoms in total. The van der Waals surface area contributed by atoms with E-state index >= 15 is 0 Å². The van der Waals surface area contributed by atoms with Crippen molar-refractivity contribution < 1.29 is 5.11 Å². The molecule has 0 spiro atoms. The molecule has 0 heterocycles. The average Bonchev–Trinajstić information content (AvgIpc) is 3.51. The Kier molecular flexibility index (Phi) is 5.12. The van der Waals surface area contributed by atoms with Gasteiger partial charge in [0.2, 0.25) is 0 Å². The fourth-order valence-corrected chi connectivity index (χ4v) is 3.51. The van der Waals surface area contributed by atoms with Crippen molar-refractivity contribution in [2.45, 2.75) is 25.4 Å². The van der Waals surface area contributed by atoms with E-state index in [1.54, 1.807) is 17.2 Å². The molecule has 134 valence electrons. The zero-order valence-electron chi connectivity index (χ0n) is 15.2. The van der Waals surface area contributed by atoms with Crippen LogP contribution in [-0.4, -0.2) is 5.11 Å². The predicted octanol–water partition coefficient (Wildman–Crippen LogP) is 4.90. The lowest BCUT2D eigenvalue weighted by molar-refractivity contribution is 0.0557. The first-order valence-electron chi connectivity index (χ1n) is 8.91. The van der Waals surface area contributed by atoms with E-state index in [0.717, 1.165) is 40.9 Å². The summed E-state index contributed by atoms with van der Waals surface area (Å²) < 4.78 is 0. The summed E-state index contributed by atoms with van der Waals surface area (Å²) in [5.41, 5.74) is 3.45. The minimum atomic E-state index is -1.04. The number of anilines is 2. The molecule has 3 heteroatoms. The summed E-state index contributed by atoms with van der Waals surface area (Å²) >= 11 is 0. The molecule has 1 unspecified atom stereocenters. The highest BCUT2D eigenvalue weighted by molar-refractivity contribution is 5.65. The van der Waals surface area contributed by atoms with Crippen LogP contribution < -0.4 is 10.9 Å². The summed E-state index contributed by atoms with van der Waals surface area (Å²) in [7, 11) is 0. The summed E-state index contributed by atoms with van der Waals surface area (Å²) in [5.74, 6) is 6.52. The highest BCUT2D eigenvalue weighted by atomic mass is 16.3. The van der Waals surface area contributed by atoms with Gasteiger partial charge in [0.15, 0.2) is 0 Å². The Morgan fingerprint density at radius 2 is 1.88 bits per heavy atom. The normalized spacial score (nSPS) is 16.7. The van der Waals surface area contributed by atoms with Crippen LogP contribution in [0.15, 0.2) is 85.5 Å². The monoisotopic (exact) mass is 346 g/mol. The molecule has 26 heavy (non-hydrogen) atoms. The molecule has 3 rings (SSSR count). The summed E-state index contributed by atoms with van der Waals surface area (Å²) in [5, 5.41) is 13.2. The Morgan fingerprint density at radius 1 is 1.19 bits per heavy atom. The van der Waals surface area contributed by atoms with Crippen LogP contribution in [0.4, 0.5) is 11.4 Å². The highest BCUT2D eigenvalue weighted by Gasteiger charge is 2.46. The van der Waals surface area contributed by atoms with E-state index in [1.807, 2.05) is 61.5 Å². The van der Waals surface area contributed by atoms with Crippen LogP contribution in [0.3, 0.4) is 0 Å². The molecule has 1 atom stereocenters. The zero-order valence-corrected chi connectivity index (χ0v) is 15.2. The first-order valence-corrected chi connectivity index (χ1v) is 8.91. The number of nitrogens with two attached hydrogens (primary N) is 1. The van der Waals surface area contributed by atoms with Gasteiger partial charge in [-0.2, -0.15) is 0 Å². The number of hydrazine groups is 1. The highest BCUT2D eigenvalue weighted by Crippen LogP contribution is 2.50. The lowest BCUT2D eigenvalue weighted by Gasteiger charge is -2.31. The van der Waals surface area contributed by atoms with E-state index in [9.17, 15) is 5.11 Å². The quantitative estimate of drug-likeness (QED) is 0.426. The Labute approximate surface area is 155 Å². The van der Waals surface area contributed by atoms with Crippen molar-refractivity contribution in [3.63, 3.8) is 0 Å². The lowest BCUT2D eigenvalue weighted by Crippen LogP contribution is -2.31. The van der Waals surface area contributed by atoms with E-state index in [0.29, 0.717) is 0 Å². The van der Waals surface area contributed by atoms with Crippen molar-refractivity contribution in [2.75, 3.05) is 5.01 Å². The molecule has 1 aliphatic carbocycles. The van der Waals surface area contributed by atoms with Gasteiger partial charge in [0.1, 0.15) is 5.60 Å². The smallest absolute Gasteiger partial charge is 0.117 e. The largest absolute Gasteiger partial charge is 0.380 e. The van der Waals surface area contributed by atoms with Gasteiger partial charge in [0.25, 0.3) is 0 Å². The molecule has 0 bridgehead atoms. The van der Waals surface area contributed by atoms with Gasteiger partial charge in [-0.25, -0.2) is 5.84 Å². The molecule has 0 radical (unpaired) electrons. The second-order valence-corrected chi connectivity index (χ2v) is 6.81. The van der Waals surface area contributed by atoms with Gasteiger partial charge in [-0.1, -0.05) is 61.7 Å². The zero-order chi connectivity index (χ0) is 18.7. The molecule has 0 aliphatic heterocycles. The molecule has 0 amide bonds. The predicted molar refractivity (Wildman–Crippen MR) is 109 cm³/mol. The van der Waals surface area contributed by atoms with Gasteiger partial charge in [-0.15, -0.1) is 0 Å². The Balaban J connectivity index is 2.01. The molecule has 0 aromatic heterocycles. The molecular weight excluding hydrogens is 320 g/mol. The summed E-state index contributed by atoms with van der Waals surface area (Å²) in [6.45, 7) is 9.66. The van der Waals surface area contributed by atoms with Crippen LogP contribution in [0, 0.1) is 12.8 Å². The number of aryl methyl sites for hydroxylation is 1. The van der Waals surface area contributed by atoms with Gasteiger partial charge in [0, 0.05) is 0 Å². The molecule has 1 fully saturated rings. The second-order valence-electron chi connectivity index (χ2n) is 6.81. The fraction of sp³-hybridized carbons (Fsp3) is 0.217. The number of nitrogens with zero attached hydrogens (tertiary/aromatic N) is 1. The third kappa shape index (κ3) is 3.24. The van der Waals surface area contributed by atoms with Crippen LogP contribution in [0.25, 0.3) is 0 Å². The van der Waals surface area contributed by atoms with Crippen molar-refractivity contribution in [3.05, 3.63) is 96.6 Å². The van der Waals surface area contributed by atoms with Gasteiger partial charge in [-0.3, -0.25) is 5.01 Å². The SMILES string of the molecule is C=C/C=C(\C=C)C(O)(c1ccc(N(N)c2ccccc2)c(C)c1)C1CC1. The number of allylic oxidation sites excluding steroid dienone is 2. The number of hydrogen-bond acceptors (Lipinski definition) is 3. The summed E-state index contributed by atoms with van der Waals surface area (Å²) in [6, 6.07) is 15.8. The van der Waals surface area contributed by atoms with Crippen molar-refractivity contribution in [2.24, 2.45) is 11.8 Å². The first kappa shape index (κ1) is 18.2. The van der Waals surface area contributed by atoms with Gasteiger partial charge < -0.3 is 5.11 Å². The van der Waals surface area contributed by atoms with Crippen molar-refractivity contribution in [3.8, 4) is 0 Å². The lowest BCUT2D eigenvalue weighted by atomic mass is 9.80.